The van der Waals surface area contributed by atoms with Crippen LogP contribution in [-0.2, 0) is 16.6 Å². The van der Waals surface area contributed by atoms with Crippen molar-refractivity contribution in [3.05, 3.63) is 66.1 Å². The van der Waals surface area contributed by atoms with Crippen LogP contribution >= 0.6 is 0 Å². The quantitative estimate of drug-likeness (QED) is 0.712. The molecule has 0 fully saturated rings. The van der Waals surface area contributed by atoms with Gasteiger partial charge in [-0.15, -0.1) is 0 Å². The van der Waals surface area contributed by atoms with Crippen molar-refractivity contribution in [1.82, 2.24) is 14.4 Å². The number of nitrogens with zero attached hydrogens (tertiary/aromatic N) is 3. The summed E-state index contributed by atoms with van der Waals surface area (Å²) in [6.07, 6.45) is 0. The zero-order chi connectivity index (χ0) is 17.2. The molecule has 0 aliphatic rings. The maximum Gasteiger partial charge on any atom is 0.243 e. The van der Waals surface area contributed by atoms with Crippen LogP contribution in [0.2, 0.25) is 0 Å². The number of hydrogen-bond acceptors (Lipinski definition) is 5. The van der Waals surface area contributed by atoms with Crippen LogP contribution in [-0.4, -0.2) is 29.9 Å². The standard InChI is InChI=1S/C17H17N3O3S/c1-13-7-6-8-14(11-13)17-18-16(23-19-17)12-20(2)24(21,22)15-9-4-3-5-10-15/h3-11H,12H2,1-2H3. The Labute approximate surface area is 140 Å². The summed E-state index contributed by atoms with van der Waals surface area (Å²) in [5.41, 5.74) is 1.92. The highest BCUT2D eigenvalue weighted by Gasteiger charge is 2.23. The molecule has 0 amide bonds. The van der Waals surface area contributed by atoms with E-state index in [0.29, 0.717) is 5.82 Å². The van der Waals surface area contributed by atoms with Crippen LogP contribution in [0.3, 0.4) is 0 Å². The maximum atomic E-state index is 12.5. The van der Waals surface area contributed by atoms with Gasteiger partial charge in [0.1, 0.15) is 0 Å². The second-order valence-electron chi connectivity index (χ2n) is 5.46. The van der Waals surface area contributed by atoms with E-state index in [1.807, 2.05) is 31.2 Å². The Morgan fingerprint density at radius 3 is 2.54 bits per heavy atom. The van der Waals surface area contributed by atoms with Crippen molar-refractivity contribution in [3.8, 4) is 11.4 Å². The lowest BCUT2D eigenvalue weighted by Crippen LogP contribution is -2.26. The first-order valence-electron chi connectivity index (χ1n) is 7.38. The average molecular weight is 343 g/mol. The van der Waals surface area contributed by atoms with Gasteiger partial charge < -0.3 is 4.52 Å². The molecule has 0 saturated carbocycles. The molecule has 1 aromatic heterocycles. The number of rotatable bonds is 5. The van der Waals surface area contributed by atoms with Crippen molar-refractivity contribution in [2.24, 2.45) is 0 Å². The predicted molar refractivity (Wildman–Crippen MR) is 89.6 cm³/mol. The molecule has 7 heteroatoms. The zero-order valence-electron chi connectivity index (χ0n) is 13.4. The molecule has 0 aliphatic heterocycles. The minimum absolute atomic E-state index is 0.00996. The summed E-state index contributed by atoms with van der Waals surface area (Å²) in [5.74, 6) is 0.688. The van der Waals surface area contributed by atoms with Crippen molar-refractivity contribution in [3.63, 3.8) is 0 Å². The fourth-order valence-electron chi connectivity index (χ4n) is 2.27. The highest BCUT2D eigenvalue weighted by molar-refractivity contribution is 7.89. The zero-order valence-corrected chi connectivity index (χ0v) is 14.2. The van der Waals surface area contributed by atoms with Crippen molar-refractivity contribution in [2.45, 2.75) is 18.4 Å². The topological polar surface area (TPSA) is 76.3 Å². The van der Waals surface area contributed by atoms with E-state index < -0.39 is 10.0 Å². The largest absolute Gasteiger partial charge is 0.338 e. The van der Waals surface area contributed by atoms with Crippen molar-refractivity contribution < 1.29 is 12.9 Å². The van der Waals surface area contributed by atoms with Gasteiger partial charge in [-0.25, -0.2) is 8.42 Å². The van der Waals surface area contributed by atoms with Gasteiger partial charge in [0.2, 0.25) is 21.7 Å². The minimum Gasteiger partial charge on any atom is -0.338 e. The van der Waals surface area contributed by atoms with E-state index in [4.69, 9.17) is 4.52 Å². The third-order valence-electron chi connectivity index (χ3n) is 3.55. The molecule has 0 N–H and O–H groups in total. The fraction of sp³-hybridized carbons (Fsp3) is 0.176. The molecular formula is C17H17N3O3S. The van der Waals surface area contributed by atoms with Gasteiger partial charge in [0.15, 0.2) is 0 Å². The van der Waals surface area contributed by atoms with Crippen LogP contribution in [0, 0.1) is 6.92 Å². The third kappa shape index (κ3) is 3.37. The second kappa shape index (κ2) is 6.54. The number of benzene rings is 2. The van der Waals surface area contributed by atoms with Crippen LogP contribution in [0.4, 0.5) is 0 Å². The highest BCUT2D eigenvalue weighted by Crippen LogP contribution is 2.19. The first-order chi connectivity index (χ1) is 11.5. The molecule has 0 spiro atoms. The van der Waals surface area contributed by atoms with E-state index >= 15 is 0 Å². The molecule has 24 heavy (non-hydrogen) atoms. The Hall–Kier alpha value is -2.51. The molecule has 6 nitrogen and oxygen atoms in total. The van der Waals surface area contributed by atoms with E-state index in [9.17, 15) is 8.42 Å². The summed E-state index contributed by atoms with van der Waals surface area (Å²) < 4.78 is 31.4. The molecule has 0 aliphatic carbocycles. The van der Waals surface area contributed by atoms with Gasteiger partial charge in [0.25, 0.3) is 0 Å². The average Bonchev–Trinajstić information content (AvgIpc) is 3.04. The fourth-order valence-corrected chi connectivity index (χ4v) is 3.41. The minimum atomic E-state index is -3.59. The lowest BCUT2D eigenvalue weighted by atomic mass is 10.1. The van der Waals surface area contributed by atoms with Crippen LogP contribution in [0.5, 0.6) is 0 Å². The molecular weight excluding hydrogens is 326 g/mol. The maximum absolute atomic E-state index is 12.5. The Kier molecular flexibility index (Phi) is 4.46. The van der Waals surface area contributed by atoms with E-state index in [1.54, 1.807) is 30.3 Å². The number of hydrogen-bond donors (Lipinski definition) is 0. The van der Waals surface area contributed by atoms with Gasteiger partial charge in [-0.3, -0.25) is 0 Å². The van der Waals surface area contributed by atoms with E-state index in [1.165, 1.54) is 11.4 Å². The third-order valence-corrected chi connectivity index (χ3v) is 5.37. The van der Waals surface area contributed by atoms with E-state index in [-0.39, 0.29) is 17.3 Å². The Bertz CT molecular complexity index is 936. The molecule has 3 rings (SSSR count). The van der Waals surface area contributed by atoms with Crippen LogP contribution in [0.25, 0.3) is 11.4 Å². The summed E-state index contributed by atoms with van der Waals surface area (Å²) in [5, 5.41) is 3.93. The number of aromatic nitrogens is 2. The SMILES string of the molecule is Cc1cccc(-c2noc(CN(C)S(=O)(=O)c3ccccc3)n2)c1. The summed E-state index contributed by atoms with van der Waals surface area (Å²) in [7, 11) is -2.11. The lowest BCUT2D eigenvalue weighted by molar-refractivity contribution is 0.337. The first kappa shape index (κ1) is 16.4. The molecule has 0 unspecified atom stereocenters. The number of aryl methyl sites for hydroxylation is 1. The predicted octanol–water partition coefficient (Wildman–Crippen LogP) is 2.87. The van der Waals surface area contributed by atoms with Crippen LogP contribution in [0.1, 0.15) is 11.5 Å². The monoisotopic (exact) mass is 343 g/mol. The van der Waals surface area contributed by atoms with E-state index in [2.05, 4.69) is 10.1 Å². The summed E-state index contributed by atoms with van der Waals surface area (Å²) in [6.45, 7) is 1.99. The molecule has 1 heterocycles. The Morgan fingerprint density at radius 2 is 1.83 bits per heavy atom. The number of sulfonamides is 1. The molecule has 0 bridgehead atoms. The van der Waals surface area contributed by atoms with Gasteiger partial charge in [-0.05, 0) is 25.1 Å². The first-order valence-corrected chi connectivity index (χ1v) is 8.82. The summed E-state index contributed by atoms with van der Waals surface area (Å²) >= 11 is 0. The van der Waals surface area contributed by atoms with Gasteiger partial charge >= 0.3 is 0 Å². The normalized spacial score (nSPS) is 11.8. The summed E-state index contributed by atoms with van der Waals surface area (Å²) in [6, 6.07) is 16.0. The second-order valence-corrected chi connectivity index (χ2v) is 7.50. The molecule has 3 aromatic rings. The van der Waals surface area contributed by atoms with Crippen molar-refractivity contribution in [2.75, 3.05) is 7.05 Å². The molecule has 0 atom stereocenters. The van der Waals surface area contributed by atoms with Gasteiger partial charge in [-0.1, -0.05) is 47.1 Å². The Morgan fingerprint density at radius 1 is 1.08 bits per heavy atom. The van der Waals surface area contributed by atoms with Gasteiger partial charge in [-0.2, -0.15) is 9.29 Å². The lowest BCUT2D eigenvalue weighted by Gasteiger charge is -2.14. The smallest absolute Gasteiger partial charge is 0.243 e. The Balaban J connectivity index is 1.80. The highest BCUT2D eigenvalue weighted by atomic mass is 32.2. The van der Waals surface area contributed by atoms with Crippen molar-refractivity contribution >= 4 is 10.0 Å². The van der Waals surface area contributed by atoms with Crippen LogP contribution < -0.4 is 0 Å². The van der Waals surface area contributed by atoms with Crippen molar-refractivity contribution in [1.29, 1.82) is 0 Å². The van der Waals surface area contributed by atoms with Gasteiger partial charge in [0.05, 0.1) is 11.4 Å². The van der Waals surface area contributed by atoms with E-state index in [0.717, 1.165) is 11.1 Å². The molecule has 0 saturated heterocycles. The molecule has 124 valence electrons. The summed E-state index contributed by atoms with van der Waals surface area (Å²) in [4.78, 5) is 4.51. The molecule has 2 aromatic carbocycles. The molecule has 0 radical (unpaired) electrons. The van der Waals surface area contributed by atoms with Gasteiger partial charge in [0, 0.05) is 12.6 Å². The van der Waals surface area contributed by atoms with Crippen LogP contribution in [0.15, 0.2) is 64.0 Å².